The average Bonchev–Trinajstić information content (AvgIpc) is 3.76. The normalized spacial score (nSPS) is 30.4. The van der Waals surface area contributed by atoms with Gasteiger partial charge in [-0.25, -0.2) is 0 Å². The number of benzene rings is 2. The zero-order valence-electron chi connectivity index (χ0n) is 23.8. The van der Waals surface area contributed by atoms with Crippen LogP contribution in [0.2, 0.25) is 0 Å². The van der Waals surface area contributed by atoms with Gasteiger partial charge >= 0.3 is 0 Å². The molecule has 0 bridgehead atoms. The van der Waals surface area contributed by atoms with Crippen LogP contribution in [0.5, 0.6) is 17.5 Å². The van der Waals surface area contributed by atoms with E-state index in [4.69, 9.17) is 18.9 Å². The quantitative estimate of drug-likeness (QED) is 0.410. The largest absolute Gasteiger partial charge is 0.481 e. The van der Waals surface area contributed by atoms with Gasteiger partial charge in [0, 0.05) is 36.9 Å². The van der Waals surface area contributed by atoms with Crippen LogP contribution in [0.3, 0.4) is 0 Å². The zero-order chi connectivity index (χ0) is 28.4. The van der Waals surface area contributed by atoms with Gasteiger partial charge in [0.25, 0.3) is 0 Å². The van der Waals surface area contributed by atoms with Crippen LogP contribution in [-0.4, -0.2) is 73.8 Å². The molecule has 2 N–H and O–H groups in total. The van der Waals surface area contributed by atoms with E-state index < -0.39 is 23.2 Å². The third kappa shape index (κ3) is 3.99. The Morgan fingerprint density at radius 1 is 0.976 bits per heavy atom. The molecule has 0 radical (unpaired) electrons. The van der Waals surface area contributed by atoms with Gasteiger partial charge in [-0.2, -0.15) is 4.98 Å². The van der Waals surface area contributed by atoms with Crippen molar-refractivity contribution in [3.63, 3.8) is 0 Å². The van der Waals surface area contributed by atoms with E-state index in [2.05, 4.69) is 53.3 Å². The fourth-order valence-corrected chi connectivity index (χ4v) is 7.55. The summed E-state index contributed by atoms with van der Waals surface area (Å²) in [5.41, 5.74) is 0.263. The summed E-state index contributed by atoms with van der Waals surface area (Å²) in [5.74, 6) is 1.20. The summed E-state index contributed by atoms with van der Waals surface area (Å²) in [6.45, 7) is 2.92. The van der Waals surface area contributed by atoms with Crippen molar-refractivity contribution in [1.82, 2.24) is 9.88 Å². The van der Waals surface area contributed by atoms with Gasteiger partial charge in [0.1, 0.15) is 5.75 Å². The van der Waals surface area contributed by atoms with E-state index in [-0.39, 0.29) is 11.8 Å². The second-order valence-corrected chi connectivity index (χ2v) is 12.2. The SMILES string of the molecule is COc1cc2c(c(OC)n1)[C@]1(O)[C@H](O)[C@H](CN(C)CC3COC3)[C@@H](c3ccccc3)[C@]1(c1ccc(C3CC3)cc1)O2. The van der Waals surface area contributed by atoms with Gasteiger partial charge in [0.05, 0.1) is 39.1 Å². The summed E-state index contributed by atoms with van der Waals surface area (Å²) < 4.78 is 23.6. The van der Waals surface area contributed by atoms with Gasteiger partial charge in [0.15, 0.2) is 11.2 Å². The van der Waals surface area contributed by atoms with Gasteiger partial charge in [-0.3, -0.25) is 0 Å². The molecule has 2 aromatic carbocycles. The first-order valence-electron chi connectivity index (χ1n) is 14.5. The van der Waals surface area contributed by atoms with E-state index in [1.807, 2.05) is 18.2 Å². The molecular weight excluding hydrogens is 520 g/mol. The maximum absolute atomic E-state index is 13.1. The van der Waals surface area contributed by atoms with Crippen LogP contribution in [0, 0.1) is 11.8 Å². The second kappa shape index (κ2) is 9.98. The highest BCUT2D eigenvalue weighted by molar-refractivity contribution is 5.60. The van der Waals surface area contributed by atoms with Crippen molar-refractivity contribution in [2.24, 2.45) is 11.8 Å². The Morgan fingerprint density at radius 3 is 2.32 bits per heavy atom. The highest BCUT2D eigenvalue weighted by Gasteiger charge is 2.77. The number of methoxy groups -OCH3 is 2. The molecule has 41 heavy (non-hydrogen) atoms. The lowest BCUT2D eigenvalue weighted by Crippen LogP contribution is -2.52. The van der Waals surface area contributed by atoms with E-state index in [1.54, 1.807) is 6.07 Å². The van der Waals surface area contributed by atoms with Crippen molar-refractivity contribution < 1.29 is 29.2 Å². The molecule has 0 unspecified atom stereocenters. The third-order valence-electron chi connectivity index (χ3n) is 9.59. The summed E-state index contributed by atoms with van der Waals surface area (Å²) >= 11 is 0. The summed E-state index contributed by atoms with van der Waals surface area (Å²) in [4.78, 5) is 6.76. The van der Waals surface area contributed by atoms with E-state index in [9.17, 15) is 10.2 Å². The second-order valence-electron chi connectivity index (χ2n) is 12.2. The summed E-state index contributed by atoms with van der Waals surface area (Å²) in [6, 6.07) is 20.2. The molecule has 8 nitrogen and oxygen atoms in total. The van der Waals surface area contributed by atoms with Crippen LogP contribution in [0.25, 0.3) is 0 Å². The molecule has 4 aliphatic rings. The molecule has 3 aromatic rings. The fourth-order valence-electron chi connectivity index (χ4n) is 7.55. The number of hydrogen-bond acceptors (Lipinski definition) is 8. The molecule has 0 amide bonds. The van der Waals surface area contributed by atoms with Gasteiger partial charge in [-0.15, -0.1) is 0 Å². The van der Waals surface area contributed by atoms with Crippen molar-refractivity contribution in [2.75, 3.05) is 47.6 Å². The number of aliphatic hydroxyl groups excluding tert-OH is 1. The van der Waals surface area contributed by atoms with Crippen molar-refractivity contribution in [3.8, 4) is 17.5 Å². The summed E-state index contributed by atoms with van der Waals surface area (Å²) in [5, 5.41) is 25.5. The summed E-state index contributed by atoms with van der Waals surface area (Å²) in [6.07, 6.45) is 1.22. The van der Waals surface area contributed by atoms with E-state index in [0.29, 0.717) is 35.6 Å². The highest BCUT2D eigenvalue weighted by Crippen LogP contribution is 2.70. The molecule has 216 valence electrons. The molecule has 1 saturated heterocycles. The van der Waals surface area contributed by atoms with Crippen molar-refractivity contribution in [2.45, 2.75) is 42.0 Å². The molecule has 3 fully saturated rings. The minimum absolute atomic E-state index is 0.185. The predicted octanol–water partition coefficient (Wildman–Crippen LogP) is 3.80. The Morgan fingerprint density at radius 2 is 1.71 bits per heavy atom. The van der Waals surface area contributed by atoms with Gasteiger partial charge in [-0.1, -0.05) is 54.6 Å². The number of aromatic nitrogens is 1. The van der Waals surface area contributed by atoms with Gasteiger partial charge < -0.3 is 34.1 Å². The standard InChI is InChI=1S/C33H38N2O6/c1-35(16-20-18-40-19-20)17-25-28(23-7-5-4-6-8-23)33(24-13-11-22(12-14-24)21-9-10-21)32(37,30(25)36)29-26(41-33)15-27(38-2)34-31(29)39-3/h4-8,11-15,20-21,25,28,30,36-37H,9-10,16-19H2,1-3H3/t25-,28-,30-,32+,33+/m1/s1. The van der Waals surface area contributed by atoms with Crippen LogP contribution in [-0.2, 0) is 15.9 Å². The number of ether oxygens (including phenoxy) is 4. The minimum atomic E-state index is -1.85. The molecule has 2 aliphatic heterocycles. The van der Waals surface area contributed by atoms with Crippen LogP contribution < -0.4 is 14.2 Å². The molecule has 0 spiro atoms. The molecule has 2 saturated carbocycles. The molecule has 8 heteroatoms. The third-order valence-corrected chi connectivity index (χ3v) is 9.59. The fraction of sp³-hybridized carbons (Fsp3) is 0.485. The van der Waals surface area contributed by atoms with Crippen molar-refractivity contribution in [1.29, 1.82) is 0 Å². The number of rotatable bonds is 9. The first kappa shape index (κ1) is 26.7. The van der Waals surface area contributed by atoms with Crippen molar-refractivity contribution in [3.05, 3.63) is 82.9 Å². The Labute approximate surface area is 240 Å². The Balaban J connectivity index is 1.43. The molecule has 3 heterocycles. The molecule has 2 aliphatic carbocycles. The number of pyridine rings is 1. The number of hydrogen-bond donors (Lipinski definition) is 2. The van der Waals surface area contributed by atoms with E-state index in [0.717, 1.165) is 30.9 Å². The van der Waals surface area contributed by atoms with Gasteiger partial charge in [-0.05, 0) is 42.5 Å². The van der Waals surface area contributed by atoms with Gasteiger partial charge in [0.2, 0.25) is 11.8 Å². The zero-order valence-corrected chi connectivity index (χ0v) is 23.8. The molecule has 7 rings (SSSR count). The lowest BCUT2D eigenvalue weighted by atomic mass is 9.70. The monoisotopic (exact) mass is 558 g/mol. The van der Waals surface area contributed by atoms with Crippen LogP contribution >= 0.6 is 0 Å². The number of aliphatic hydroxyl groups is 2. The van der Waals surface area contributed by atoms with E-state index >= 15 is 0 Å². The lowest BCUT2D eigenvalue weighted by molar-refractivity contribution is -0.152. The molecule has 1 aromatic heterocycles. The van der Waals surface area contributed by atoms with Crippen molar-refractivity contribution >= 4 is 0 Å². The maximum atomic E-state index is 13.1. The Bertz CT molecular complexity index is 1410. The maximum Gasteiger partial charge on any atom is 0.226 e. The molecule has 5 atom stereocenters. The minimum Gasteiger partial charge on any atom is -0.481 e. The average molecular weight is 559 g/mol. The first-order valence-corrected chi connectivity index (χ1v) is 14.5. The predicted molar refractivity (Wildman–Crippen MR) is 152 cm³/mol. The Hall–Kier alpha value is -3.17. The number of nitrogens with zero attached hydrogens (tertiary/aromatic N) is 2. The Kier molecular flexibility index (Phi) is 6.50. The lowest BCUT2D eigenvalue weighted by Gasteiger charge is -2.41. The van der Waals surface area contributed by atoms with Crippen LogP contribution in [0.4, 0.5) is 0 Å². The summed E-state index contributed by atoms with van der Waals surface area (Å²) in [7, 11) is 5.12. The van der Waals surface area contributed by atoms with E-state index in [1.165, 1.54) is 32.6 Å². The number of fused-ring (bicyclic) bond motifs is 3. The highest BCUT2D eigenvalue weighted by atomic mass is 16.5. The smallest absolute Gasteiger partial charge is 0.226 e. The van der Waals surface area contributed by atoms with Crippen LogP contribution in [0.1, 0.15) is 46.9 Å². The first-order chi connectivity index (χ1) is 19.9. The van der Waals surface area contributed by atoms with Crippen LogP contribution in [0.15, 0.2) is 60.7 Å². The topological polar surface area (TPSA) is 93.5 Å². The molecular formula is C33H38N2O6.